The number of hydrogen-bond acceptors (Lipinski definition) is 2. The van der Waals surface area contributed by atoms with Crippen LogP contribution in [0.1, 0.15) is 12.0 Å². The smallest absolute Gasteiger partial charge is 0.223 e. The second kappa shape index (κ2) is 7.70. The predicted octanol–water partition coefficient (Wildman–Crippen LogP) is 4.07. The lowest BCUT2D eigenvalue weighted by Crippen LogP contribution is -2.26. The molecule has 0 aliphatic heterocycles. The summed E-state index contributed by atoms with van der Waals surface area (Å²) in [7, 11) is 1.78. The maximum Gasteiger partial charge on any atom is 0.223 e. The van der Waals surface area contributed by atoms with E-state index < -0.39 is 0 Å². The Labute approximate surface area is 130 Å². The summed E-state index contributed by atoms with van der Waals surface area (Å²) in [6.45, 7) is 0.543. The molecule has 0 aliphatic carbocycles. The first-order chi connectivity index (χ1) is 10.2. The fourth-order valence-corrected chi connectivity index (χ4v) is 2.13. The van der Waals surface area contributed by atoms with Crippen LogP contribution in [-0.4, -0.2) is 23.7 Å². The molecule has 0 unspecified atom stereocenters. The van der Waals surface area contributed by atoms with Crippen LogP contribution in [0.3, 0.4) is 0 Å². The molecule has 0 bridgehead atoms. The Balaban J connectivity index is 2.02. The van der Waals surface area contributed by atoms with Crippen molar-refractivity contribution in [3.8, 4) is 11.5 Å². The normalized spacial score (nSPS) is 10.2. The first kappa shape index (κ1) is 15.4. The summed E-state index contributed by atoms with van der Waals surface area (Å²) in [6, 6.07) is 17.4. The van der Waals surface area contributed by atoms with E-state index in [1.54, 1.807) is 11.9 Å². The number of alkyl halides is 1. The maximum absolute atomic E-state index is 11.7. The zero-order valence-corrected chi connectivity index (χ0v) is 12.7. The van der Waals surface area contributed by atoms with Crippen molar-refractivity contribution in [2.24, 2.45) is 0 Å². The van der Waals surface area contributed by atoms with Gasteiger partial charge in [-0.3, -0.25) is 4.79 Å². The van der Waals surface area contributed by atoms with Crippen molar-refractivity contribution < 1.29 is 9.53 Å². The monoisotopic (exact) mass is 303 g/mol. The zero-order valence-electron chi connectivity index (χ0n) is 12.0. The minimum absolute atomic E-state index is 0.0411. The second-order valence-corrected chi connectivity index (χ2v) is 5.13. The van der Waals surface area contributed by atoms with Crippen LogP contribution >= 0.6 is 11.6 Å². The van der Waals surface area contributed by atoms with Gasteiger partial charge in [0.15, 0.2) is 0 Å². The molecule has 2 aromatic rings. The summed E-state index contributed by atoms with van der Waals surface area (Å²) in [5.74, 6) is 1.94. The number of para-hydroxylation sites is 1. The largest absolute Gasteiger partial charge is 0.457 e. The van der Waals surface area contributed by atoms with Crippen LogP contribution in [0.25, 0.3) is 0 Å². The number of benzene rings is 2. The quantitative estimate of drug-likeness (QED) is 0.753. The fourth-order valence-electron chi connectivity index (χ4n) is 1.97. The van der Waals surface area contributed by atoms with Gasteiger partial charge >= 0.3 is 0 Å². The molecule has 0 fully saturated rings. The van der Waals surface area contributed by atoms with Gasteiger partial charge < -0.3 is 9.64 Å². The SMILES string of the molecule is CN(Cc1cccc(Oc2ccccc2)c1)C(=O)CCCl. The fraction of sp³-hybridized carbons (Fsp3) is 0.235. The molecule has 0 aliphatic rings. The van der Waals surface area contributed by atoms with E-state index in [9.17, 15) is 4.79 Å². The standard InChI is InChI=1S/C17H18ClNO2/c1-19(17(20)10-11-18)13-14-6-5-9-16(12-14)21-15-7-3-2-4-8-15/h2-9,12H,10-11,13H2,1H3. The Morgan fingerprint density at radius 1 is 1.10 bits per heavy atom. The number of carbonyl (C=O) groups is 1. The second-order valence-electron chi connectivity index (χ2n) is 4.75. The number of halogens is 1. The first-order valence-electron chi connectivity index (χ1n) is 6.81. The summed E-state index contributed by atoms with van der Waals surface area (Å²) < 4.78 is 5.78. The van der Waals surface area contributed by atoms with Crippen LogP contribution in [0, 0.1) is 0 Å². The molecule has 0 radical (unpaired) electrons. The van der Waals surface area contributed by atoms with E-state index in [-0.39, 0.29) is 5.91 Å². The Kier molecular flexibility index (Phi) is 5.64. The summed E-state index contributed by atoms with van der Waals surface area (Å²) >= 11 is 5.59. The van der Waals surface area contributed by atoms with Crippen molar-refractivity contribution in [3.63, 3.8) is 0 Å². The molecule has 0 aromatic heterocycles. The highest BCUT2D eigenvalue weighted by molar-refractivity contribution is 6.18. The van der Waals surface area contributed by atoms with Gasteiger partial charge in [-0.2, -0.15) is 0 Å². The molecular formula is C17H18ClNO2. The molecule has 1 amide bonds. The van der Waals surface area contributed by atoms with Crippen molar-refractivity contribution in [2.45, 2.75) is 13.0 Å². The highest BCUT2D eigenvalue weighted by Gasteiger charge is 2.09. The van der Waals surface area contributed by atoms with E-state index in [0.717, 1.165) is 17.1 Å². The third kappa shape index (κ3) is 4.80. The van der Waals surface area contributed by atoms with Crippen LogP contribution < -0.4 is 4.74 Å². The van der Waals surface area contributed by atoms with Crippen LogP contribution in [0.5, 0.6) is 11.5 Å². The Bertz CT molecular complexity index is 586. The highest BCUT2D eigenvalue weighted by atomic mass is 35.5. The minimum Gasteiger partial charge on any atom is -0.457 e. The van der Waals surface area contributed by atoms with Crippen LogP contribution in [0.2, 0.25) is 0 Å². The lowest BCUT2D eigenvalue weighted by Gasteiger charge is -2.17. The highest BCUT2D eigenvalue weighted by Crippen LogP contribution is 2.22. The lowest BCUT2D eigenvalue weighted by atomic mass is 10.2. The van der Waals surface area contributed by atoms with Gasteiger partial charge in [0.1, 0.15) is 11.5 Å². The zero-order chi connectivity index (χ0) is 15.1. The average Bonchev–Trinajstić information content (AvgIpc) is 2.49. The van der Waals surface area contributed by atoms with E-state index in [0.29, 0.717) is 18.8 Å². The summed E-state index contributed by atoms with van der Waals surface area (Å²) in [5.41, 5.74) is 1.02. The van der Waals surface area contributed by atoms with E-state index in [1.807, 2.05) is 54.6 Å². The van der Waals surface area contributed by atoms with Gasteiger partial charge in [-0.15, -0.1) is 11.6 Å². The van der Waals surface area contributed by atoms with Crippen molar-refractivity contribution in [3.05, 3.63) is 60.2 Å². The van der Waals surface area contributed by atoms with Gasteiger partial charge in [-0.1, -0.05) is 30.3 Å². The van der Waals surface area contributed by atoms with Gasteiger partial charge in [-0.05, 0) is 29.8 Å². The van der Waals surface area contributed by atoms with Crippen LogP contribution in [0.4, 0.5) is 0 Å². The van der Waals surface area contributed by atoms with Crippen molar-refractivity contribution >= 4 is 17.5 Å². The molecule has 4 heteroatoms. The third-order valence-corrected chi connectivity index (χ3v) is 3.22. The molecule has 21 heavy (non-hydrogen) atoms. The average molecular weight is 304 g/mol. The number of hydrogen-bond donors (Lipinski definition) is 0. The van der Waals surface area contributed by atoms with Crippen molar-refractivity contribution in [2.75, 3.05) is 12.9 Å². The molecule has 0 saturated carbocycles. The molecule has 3 nitrogen and oxygen atoms in total. The van der Waals surface area contributed by atoms with E-state index in [2.05, 4.69) is 0 Å². The van der Waals surface area contributed by atoms with E-state index in [4.69, 9.17) is 16.3 Å². The van der Waals surface area contributed by atoms with Crippen LogP contribution in [0.15, 0.2) is 54.6 Å². The molecule has 2 rings (SSSR count). The molecule has 0 heterocycles. The summed E-state index contributed by atoms with van der Waals surface area (Å²) in [5, 5.41) is 0. The number of rotatable bonds is 6. The molecule has 0 atom stereocenters. The Morgan fingerprint density at radius 3 is 2.52 bits per heavy atom. The van der Waals surface area contributed by atoms with Crippen LogP contribution in [-0.2, 0) is 11.3 Å². The van der Waals surface area contributed by atoms with Crippen molar-refractivity contribution in [1.82, 2.24) is 4.90 Å². The Morgan fingerprint density at radius 2 is 1.81 bits per heavy atom. The number of ether oxygens (including phenoxy) is 1. The molecule has 0 spiro atoms. The molecule has 0 N–H and O–H groups in total. The van der Waals surface area contributed by atoms with E-state index in [1.165, 1.54) is 0 Å². The van der Waals surface area contributed by atoms with E-state index >= 15 is 0 Å². The topological polar surface area (TPSA) is 29.5 Å². The van der Waals surface area contributed by atoms with Gasteiger partial charge in [0.05, 0.1) is 0 Å². The van der Waals surface area contributed by atoms with Crippen molar-refractivity contribution in [1.29, 1.82) is 0 Å². The van der Waals surface area contributed by atoms with Gasteiger partial charge in [0.2, 0.25) is 5.91 Å². The number of amides is 1. The first-order valence-corrected chi connectivity index (χ1v) is 7.34. The molecule has 0 saturated heterocycles. The third-order valence-electron chi connectivity index (χ3n) is 3.03. The predicted molar refractivity (Wildman–Crippen MR) is 84.8 cm³/mol. The minimum atomic E-state index is 0.0411. The summed E-state index contributed by atoms with van der Waals surface area (Å²) in [6.07, 6.45) is 0.359. The molecular weight excluding hydrogens is 286 g/mol. The maximum atomic E-state index is 11.7. The summed E-state index contributed by atoms with van der Waals surface area (Å²) in [4.78, 5) is 13.4. The van der Waals surface area contributed by atoms with Gasteiger partial charge in [0.25, 0.3) is 0 Å². The molecule has 110 valence electrons. The number of nitrogens with zero attached hydrogens (tertiary/aromatic N) is 1. The molecule has 2 aromatic carbocycles. The van der Waals surface area contributed by atoms with Gasteiger partial charge in [0, 0.05) is 25.9 Å². The lowest BCUT2D eigenvalue weighted by molar-refractivity contribution is -0.129. The Hall–Kier alpha value is -2.00. The van der Waals surface area contributed by atoms with Gasteiger partial charge in [-0.25, -0.2) is 0 Å². The number of carbonyl (C=O) groups excluding carboxylic acids is 1.